The van der Waals surface area contributed by atoms with Gasteiger partial charge in [0.2, 0.25) is 11.8 Å². The Morgan fingerprint density at radius 3 is 2.40 bits per heavy atom. The molecule has 1 fully saturated rings. The van der Waals surface area contributed by atoms with Crippen LogP contribution in [0.5, 0.6) is 0 Å². The second kappa shape index (κ2) is 7.81. The number of piperidine rings is 1. The molecule has 1 saturated heterocycles. The molecule has 0 saturated carbocycles. The fraction of sp³-hybridized carbons (Fsp3) is 0.500. The summed E-state index contributed by atoms with van der Waals surface area (Å²) in [6.45, 7) is -0.623. The van der Waals surface area contributed by atoms with Crippen molar-refractivity contribution in [2.45, 2.75) is 31.6 Å². The fourth-order valence-electron chi connectivity index (χ4n) is 2.86. The van der Waals surface area contributed by atoms with Gasteiger partial charge in [-0.2, -0.15) is 13.2 Å². The van der Waals surface area contributed by atoms with E-state index in [2.05, 4.69) is 5.32 Å². The van der Waals surface area contributed by atoms with E-state index in [1.165, 1.54) is 24.3 Å². The number of benzene rings is 1. The van der Waals surface area contributed by atoms with Crippen LogP contribution in [0.2, 0.25) is 0 Å². The molecule has 2 rings (SSSR count). The minimum Gasteiger partial charge on any atom is -0.369 e. The lowest BCUT2D eigenvalue weighted by Crippen LogP contribution is -2.55. The number of nitrogens with one attached hydrogen (secondary N) is 1. The van der Waals surface area contributed by atoms with Gasteiger partial charge in [0.15, 0.2) is 0 Å². The van der Waals surface area contributed by atoms with Crippen LogP contribution in [0.3, 0.4) is 0 Å². The summed E-state index contributed by atoms with van der Waals surface area (Å²) in [6, 6.07) is 3.61. The van der Waals surface area contributed by atoms with Gasteiger partial charge < -0.3 is 11.1 Å². The van der Waals surface area contributed by atoms with Gasteiger partial charge in [0.1, 0.15) is 11.9 Å². The van der Waals surface area contributed by atoms with Crippen LogP contribution in [0.25, 0.3) is 0 Å². The van der Waals surface area contributed by atoms with E-state index in [0.29, 0.717) is 5.56 Å². The second-order valence-electron chi connectivity index (χ2n) is 6.07. The highest BCUT2D eigenvalue weighted by Crippen LogP contribution is 2.33. The van der Waals surface area contributed by atoms with Crippen molar-refractivity contribution in [1.82, 2.24) is 10.2 Å². The molecule has 1 aromatic rings. The first-order valence-corrected chi connectivity index (χ1v) is 7.78. The molecule has 9 heteroatoms. The van der Waals surface area contributed by atoms with Crippen LogP contribution in [0, 0.1) is 11.7 Å². The molecule has 25 heavy (non-hydrogen) atoms. The van der Waals surface area contributed by atoms with E-state index >= 15 is 0 Å². The average Bonchev–Trinajstić information content (AvgIpc) is 2.53. The minimum absolute atomic E-state index is 0.0488. The molecule has 0 aromatic heterocycles. The maximum atomic E-state index is 13.1. The molecule has 1 aliphatic rings. The van der Waals surface area contributed by atoms with E-state index in [1.807, 2.05) is 0 Å². The molecule has 2 amide bonds. The second-order valence-corrected chi connectivity index (χ2v) is 6.07. The minimum atomic E-state index is -4.49. The molecule has 5 nitrogen and oxygen atoms in total. The molecule has 0 bridgehead atoms. The third kappa shape index (κ3) is 5.42. The molecule has 1 aliphatic heterocycles. The number of hydrogen-bond acceptors (Lipinski definition) is 3. The summed E-state index contributed by atoms with van der Waals surface area (Å²) in [4.78, 5) is 24.2. The van der Waals surface area contributed by atoms with E-state index in [-0.39, 0.29) is 25.9 Å². The van der Waals surface area contributed by atoms with E-state index in [1.54, 1.807) is 0 Å². The average molecular weight is 361 g/mol. The van der Waals surface area contributed by atoms with E-state index in [9.17, 15) is 27.2 Å². The Kier molecular flexibility index (Phi) is 5.99. The van der Waals surface area contributed by atoms with Gasteiger partial charge in [-0.05, 0) is 30.5 Å². The number of hydrogen-bond donors (Lipinski definition) is 2. The van der Waals surface area contributed by atoms with Crippen LogP contribution in [0.15, 0.2) is 24.3 Å². The number of likely N-dealkylation sites (tertiary alicyclic amines) is 1. The van der Waals surface area contributed by atoms with Crippen molar-refractivity contribution < 1.29 is 27.2 Å². The van der Waals surface area contributed by atoms with Crippen LogP contribution in [0.4, 0.5) is 17.6 Å². The van der Waals surface area contributed by atoms with Crippen molar-refractivity contribution in [1.29, 1.82) is 0 Å². The Morgan fingerprint density at radius 2 is 1.84 bits per heavy atom. The number of primary amides is 1. The highest BCUT2D eigenvalue weighted by molar-refractivity contribution is 5.79. The van der Waals surface area contributed by atoms with Crippen molar-refractivity contribution in [3.63, 3.8) is 0 Å². The monoisotopic (exact) mass is 361 g/mol. The molecular weight excluding hydrogens is 342 g/mol. The number of alkyl halides is 3. The molecule has 1 heterocycles. The van der Waals surface area contributed by atoms with Crippen molar-refractivity contribution >= 4 is 11.8 Å². The van der Waals surface area contributed by atoms with Gasteiger partial charge in [-0.1, -0.05) is 12.1 Å². The van der Waals surface area contributed by atoms with Gasteiger partial charge in [0, 0.05) is 13.1 Å². The van der Waals surface area contributed by atoms with Crippen LogP contribution in [-0.2, 0) is 16.1 Å². The highest BCUT2D eigenvalue weighted by Gasteiger charge is 2.47. The number of carbonyl (C=O) groups is 2. The molecule has 138 valence electrons. The van der Waals surface area contributed by atoms with Crippen LogP contribution in [0.1, 0.15) is 18.4 Å². The lowest BCUT2D eigenvalue weighted by molar-refractivity contribution is -0.195. The van der Waals surface area contributed by atoms with Crippen LogP contribution < -0.4 is 11.1 Å². The maximum Gasteiger partial charge on any atom is 0.404 e. The van der Waals surface area contributed by atoms with E-state index in [0.717, 1.165) is 4.90 Å². The lowest BCUT2D eigenvalue weighted by Gasteiger charge is -2.39. The summed E-state index contributed by atoms with van der Waals surface area (Å²) in [6.07, 6.45) is -4.71. The van der Waals surface area contributed by atoms with Gasteiger partial charge in [-0.15, -0.1) is 0 Å². The number of carbonyl (C=O) groups excluding carboxylic acids is 2. The summed E-state index contributed by atoms with van der Waals surface area (Å²) in [5.41, 5.74) is 5.80. The maximum absolute atomic E-state index is 13.1. The number of halogens is 4. The fourth-order valence-corrected chi connectivity index (χ4v) is 2.86. The summed E-state index contributed by atoms with van der Waals surface area (Å²) in [7, 11) is 0. The van der Waals surface area contributed by atoms with Crippen LogP contribution in [-0.4, -0.2) is 42.0 Å². The van der Waals surface area contributed by atoms with Crippen molar-refractivity contribution in [2.75, 3.05) is 13.1 Å². The molecule has 0 unspecified atom stereocenters. The molecule has 0 aliphatic carbocycles. The molecule has 0 spiro atoms. The van der Waals surface area contributed by atoms with E-state index in [4.69, 9.17) is 5.73 Å². The van der Waals surface area contributed by atoms with Gasteiger partial charge in [0.05, 0.1) is 12.5 Å². The first kappa shape index (κ1) is 19.2. The predicted molar refractivity (Wildman–Crippen MR) is 81.6 cm³/mol. The third-order valence-corrected chi connectivity index (χ3v) is 4.21. The SMILES string of the molecule is NC(=O)[C@H]1CC[C@H](C(F)(F)F)N(CC(=O)NCc2ccc(F)cc2)C1. The lowest BCUT2D eigenvalue weighted by atomic mass is 9.92. The summed E-state index contributed by atoms with van der Waals surface area (Å²) in [5, 5.41) is 2.50. The molecular formula is C16H19F4N3O2. The van der Waals surface area contributed by atoms with Crippen molar-refractivity contribution in [3.8, 4) is 0 Å². The van der Waals surface area contributed by atoms with Crippen LogP contribution >= 0.6 is 0 Å². The van der Waals surface area contributed by atoms with Gasteiger partial charge >= 0.3 is 6.18 Å². The highest BCUT2D eigenvalue weighted by atomic mass is 19.4. The number of rotatable bonds is 5. The largest absolute Gasteiger partial charge is 0.404 e. The number of nitrogens with two attached hydrogens (primary N) is 1. The summed E-state index contributed by atoms with van der Waals surface area (Å²) >= 11 is 0. The van der Waals surface area contributed by atoms with Crippen molar-refractivity contribution in [3.05, 3.63) is 35.6 Å². The van der Waals surface area contributed by atoms with Gasteiger partial charge in [-0.3, -0.25) is 14.5 Å². The summed E-state index contributed by atoms with van der Waals surface area (Å²) < 4.78 is 52.2. The first-order valence-electron chi connectivity index (χ1n) is 7.78. The zero-order valence-corrected chi connectivity index (χ0v) is 13.4. The Balaban J connectivity index is 1.96. The molecule has 0 radical (unpaired) electrons. The predicted octanol–water partition coefficient (Wildman–Crippen LogP) is 1.57. The third-order valence-electron chi connectivity index (χ3n) is 4.21. The normalized spacial score (nSPS) is 21.8. The zero-order chi connectivity index (χ0) is 18.6. The zero-order valence-electron chi connectivity index (χ0n) is 13.4. The molecule has 2 atom stereocenters. The smallest absolute Gasteiger partial charge is 0.369 e. The Morgan fingerprint density at radius 1 is 1.20 bits per heavy atom. The number of nitrogens with zero attached hydrogens (tertiary/aromatic N) is 1. The first-order chi connectivity index (χ1) is 11.7. The Bertz CT molecular complexity index is 619. The topological polar surface area (TPSA) is 75.4 Å². The number of amides is 2. The molecule has 1 aromatic carbocycles. The van der Waals surface area contributed by atoms with Crippen molar-refractivity contribution in [2.24, 2.45) is 11.7 Å². The Hall–Kier alpha value is -2.16. The Labute approximate surface area is 142 Å². The van der Waals surface area contributed by atoms with Gasteiger partial charge in [-0.25, -0.2) is 4.39 Å². The quantitative estimate of drug-likeness (QED) is 0.782. The van der Waals surface area contributed by atoms with E-state index < -0.39 is 42.3 Å². The van der Waals surface area contributed by atoms with Gasteiger partial charge in [0.25, 0.3) is 0 Å². The summed E-state index contributed by atoms with van der Waals surface area (Å²) in [5.74, 6) is -2.40. The standard InChI is InChI=1S/C16H19F4N3O2/c17-12-4-1-10(2-5-12)7-22-14(24)9-23-8-11(15(21)25)3-6-13(23)16(18,19)20/h1-2,4-5,11,13H,3,6-9H2,(H2,21,25)(H,22,24)/t11-,13+/m0/s1. The molecule has 3 N–H and O–H groups in total.